The van der Waals surface area contributed by atoms with E-state index in [1.54, 1.807) is 6.07 Å². The quantitative estimate of drug-likeness (QED) is 0.574. The van der Waals surface area contributed by atoms with Crippen LogP contribution in [0.3, 0.4) is 0 Å². The fraction of sp³-hybridized carbons (Fsp3) is 0. The van der Waals surface area contributed by atoms with Gasteiger partial charge < -0.3 is 5.73 Å². The van der Waals surface area contributed by atoms with Gasteiger partial charge in [-0.1, -0.05) is 72.8 Å². The average molecular weight is 339 g/mol. The summed E-state index contributed by atoms with van der Waals surface area (Å²) in [4.78, 5) is 11.3. The molecule has 0 unspecified atom stereocenters. The summed E-state index contributed by atoms with van der Waals surface area (Å²) in [6.07, 6.45) is 0. The van der Waals surface area contributed by atoms with Crippen LogP contribution < -0.4 is 5.73 Å². The van der Waals surface area contributed by atoms with Crippen LogP contribution in [0.15, 0.2) is 84.9 Å². The van der Waals surface area contributed by atoms with E-state index in [-0.39, 0.29) is 0 Å². The zero-order valence-corrected chi connectivity index (χ0v) is 14.0. The second-order valence-corrected chi connectivity index (χ2v) is 6.02. The molecule has 0 aliphatic heterocycles. The number of nitrogens with two attached hydrogens (primary N) is 1. The largest absolute Gasteiger partial charge is 0.364 e. The van der Waals surface area contributed by atoms with Gasteiger partial charge in [0.1, 0.15) is 5.69 Å². The maximum atomic E-state index is 11.3. The Morgan fingerprint density at radius 2 is 1.35 bits per heavy atom. The third kappa shape index (κ3) is 3.00. The molecule has 26 heavy (non-hydrogen) atoms. The van der Waals surface area contributed by atoms with Crippen LogP contribution >= 0.6 is 0 Å². The second kappa shape index (κ2) is 6.69. The molecule has 3 N–H and O–H groups in total. The first-order chi connectivity index (χ1) is 12.7. The first-order valence-corrected chi connectivity index (χ1v) is 8.33. The van der Waals surface area contributed by atoms with Crippen molar-refractivity contribution in [2.24, 2.45) is 5.73 Å². The van der Waals surface area contributed by atoms with Crippen molar-refractivity contribution in [2.75, 3.05) is 0 Å². The highest BCUT2D eigenvalue weighted by Gasteiger charge is 2.11. The lowest BCUT2D eigenvalue weighted by molar-refractivity contribution is 0.0995. The summed E-state index contributed by atoms with van der Waals surface area (Å²) in [5.41, 5.74) is 11.8. The summed E-state index contributed by atoms with van der Waals surface area (Å²) in [5, 5.41) is 6.87. The Morgan fingerprint density at radius 1 is 0.731 bits per heavy atom. The van der Waals surface area contributed by atoms with E-state index in [0.717, 1.165) is 16.7 Å². The predicted molar refractivity (Wildman–Crippen MR) is 103 cm³/mol. The van der Waals surface area contributed by atoms with Crippen LogP contribution in [-0.4, -0.2) is 16.1 Å². The molecule has 0 saturated heterocycles. The van der Waals surface area contributed by atoms with Crippen molar-refractivity contribution < 1.29 is 4.79 Å². The number of nitrogens with zero attached hydrogens (tertiary/aromatic N) is 1. The number of carbonyl (C=O) groups is 1. The number of rotatable bonds is 4. The maximum absolute atomic E-state index is 11.3. The van der Waals surface area contributed by atoms with Crippen molar-refractivity contribution in [3.8, 4) is 33.5 Å². The van der Waals surface area contributed by atoms with Gasteiger partial charge in [-0.2, -0.15) is 5.10 Å². The van der Waals surface area contributed by atoms with Crippen molar-refractivity contribution in [2.45, 2.75) is 0 Å². The van der Waals surface area contributed by atoms with Crippen molar-refractivity contribution in [3.63, 3.8) is 0 Å². The first kappa shape index (κ1) is 15.8. The van der Waals surface area contributed by atoms with Gasteiger partial charge in [0, 0.05) is 5.56 Å². The van der Waals surface area contributed by atoms with Crippen molar-refractivity contribution in [1.29, 1.82) is 0 Å². The molecule has 0 radical (unpaired) electrons. The third-order valence-electron chi connectivity index (χ3n) is 4.32. The number of aromatic amines is 1. The van der Waals surface area contributed by atoms with Gasteiger partial charge in [-0.3, -0.25) is 9.89 Å². The maximum Gasteiger partial charge on any atom is 0.266 e. The third-order valence-corrected chi connectivity index (χ3v) is 4.32. The summed E-state index contributed by atoms with van der Waals surface area (Å²) in [5.74, 6) is -0.519. The van der Waals surface area contributed by atoms with E-state index in [9.17, 15) is 4.79 Å². The summed E-state index contributed by atoms with van der Waals surface area (Å²) in [6.45, 7) is 0. The van der Waals surface area contributed by atoms with Crippen LogP contribution in [-0.2, 0) is 0 Å². The average Bonchev–Trinajstić information content (AvgIpc) is 3.19. The lowest BCUT2D eigenvalue weighted by atomic mass is 9.93. The van der Waals surface area contributed by atoms with Gasteiger partial charge in [-0.25, -0.2) is 0 Å². The molecular weight excluding hydrogens is 322 g/mol. The van der Waals surface area contributed by atoms with Crippen molar-refractivity contribution in [1.82, 2.24) is 10.2 Å². The molecular formula is C22H17N3O. The molecule has 0 fully saturated rings. The van der Waals surface area contributed by atoms with Crippen LogP contribution in [0, 0.1) is 0 Å². The summed E-state index contributed by atoms with van der Waals surface area (Å²) >= 11 is 0. The molecule has 0 bridgehead atoms. The van der Waals surface area contributed by atoms with Crippen LogP contribution in [0.5, 0.6) is 0 Å². The van der Waals surface area contributed by atoms with E-state index >= 15 is 0 Å². The Labute approximate surface area is 151 Å². The number of hydrogen-bond acceptors (Lipinski definition) is 2. The minimum Gasteiger partial charge on any atom is -0.364 e. The van der Waals surface area contributed by atoms with E-state index in [4.69, 9.17) is 5.73 Å². The molecule has 4 rings (SSSR count). The number of benzene rings is 3. The molecule has 0 atom stereocenters. The van der Waals surface area contributed by atoms with Gasteiger partial charge in [0.05, 0.1) is 5.69 Å². The van der Waals surface area contributed by atoms with E-state index in [2.05, 4.69) is 46.6 Å². The van der Waals surface area contributed by atoms with Crippen LogP contribution in [0.1, 0.15) is 10.5 Å². The number of primary amides is 1. The predicted octanol–water partition coefficient (Wildman–Crippen LogP) is 4.51. The van der Waals surface area contributed by atoms with E-state index in [0.29, 0.717) is 11.4 Å². The topological polar surface area (TPSA) is 71.8 Å². The highest BCUT2D eigenvalue weighted by atomic mass is 16.1. The Hall–Kier alpha value is -3.66. The van der Waals surface area contributed by atoms with E-state index in [1.165, 1.54) is 11.1 Å². The van der Waals surface area contributed by atoms with E-state index in [1.807, 2.05) is 42.5 Å². The molecule has 0 saturated carbocycles. The Bertz CT molecular complexity index is 1070. The van der Waals surface area contributed by atoms with Gasteiger partial charge in [0.25, 0.3) is 5.91 Å². The highest BCUT2D eigenvalue weighted by molar-refractivity contribution is 5.92. The minimum atomic E-state index is -0.519. The molecule has 1 heterocycles. The van der Waals surface area contributed by atoms with E-state index < -0.39 is 5.91 Å². The lowest BCUT2D eigenvalue weighted by Gasteiger charge is -2.11. The Morgan fingerprint density at radius 3 is 2.04 bits per heavy atom. The second-order valence-electron chi connectivity index (χ2n) is 6.02. The Kier molecular flexibility index (Phi) is 4.07. The molecule has 3 aromatic carbocycles. The minimum absolute atomic E-state index is 0.301. The Balaban J connectivity index is 1.79. The standard InChI is InChI=1S/C22H17N3O/c23-22(26)21-14-20(24-25-21)17-10-6-9-16(13-17)19-12-5-4-11-18(19)15-7-2-1-3-8-15/h1-14H,(H2,23,26)(H,24,25). The highest BCUT2D eigenvalue weighted by Crippen LogP contribution is 2.33. The number of nitrogens with one attached hydrogen (secondary N) is 1. The number of amides is 1. The molecule has 1 aromatic heterocycles. The normalized spacial score (nSPS) is 10.6. The number of hydrogen-bond donors (Lipinski definition) is 2. The molecule has 1 amide bonds. The zero-order valence-electron chi connectivity index (χ0n) is 14.0. The van der Waals surface area contributed by atoms with Crippen LogP contribution in [0.25, 0.3) is 33.5 Å². The monoisotopic (exact) mass is 339 g/mol. The van der Waals surface area contributed by atoms with Gasteiger partial charge >= 0.3 is 0 Å². The molecule has 4 heteroatoms. The number of aromatic nitrogens is 2. The summed E-state index contributed by atoms with van der Waals surface area (Å²) in [7, 11) is 0. The molecule has 126 valence electrons. The lowest BCUT2D eigenvalue weighted by Crippen LogP contribution is -2.10. The number of H-pyrrole nitrogens is 1. The van der Waals surface area contributed by atoms with Crippen LogP contribution in [0.2, 0.25) is 0 Å². The first-order valence-electron chi connectivity index (χ1n) is 8.33. The van der Waals surface area contributed by atoms with Crippen molar-refractivity contribution >= 4 is 5.91 Å². The zero-order chi connectivity index (χ0) is 17.9. The molecule has 4 nitrogen and oxygen atoms in total. The summed E-state index contributed by atoms with van der Waals surface area (Å²) < 4.78 is 0. The van der Waals surface area contributed by atoms with Gasteiger partial charge in [-0.15, -0.1) is 0 Å². The van der Waals surface area contributed by atoms with Gasteiger partial charge in [0.15, 0.2) is 0 Å². The smallest absolute Gasteiger partial charge is 0.266 e. The fourth-order valence-electron chi connectivity index (χ4n) is 3.05. The van der Waals surface area contributed by atoms with Crippen molar-refractivity contribution in [3.05, 3.63) is 90.6 Å². The van der Waals surface area contributed by atoms with Gasteiger partial charge in [-0.05, 0) is 34.4 Å². The van der Waals surface area contributed by atoms with Gasteiger partial charge in [0.2, 0.25) is 0 Å². The molecule has 0 spiro atoms. The number of carbonyl (C=O) groups excluding carboxylic acids is 1. The van der Waals surface area contributed by atoms with Crippen LogP contribution in [0.4, 0.5) is 0 Å². The fourth-order valence-corrected chi connectivity index (χ4v) is 3.05. The SMILES string of the molecule is NC(=O)c1cc(-c2cccc(-c3ccccc3-c3ccccc3)c2)n[nH]1. The summed E-state index contributed by atoms with van der Waals surface area (Å²) in [6, 6.07) is 28.4. The molecule has 4 aromatic rings. The molecule has 0 aliphatic rings. The molecule has 0 aliphatic carbocycles.